The van der Waals surface area contributed by atoms with E-state index in [2.05, 4.69) is 19.2 Å². The zero-order chi connectivity index (χ0) is 22.4. The summed E-state index contributed by atoms with van der Waals surface area (Å²) in [6.07, 6.45) is 0.699. The van der Waals surface area contributed by atoms with Gasteiger partial charge < -0.3 is 5.32 Å². The van der Waals surface area contributed by atoms with Crippen LogP contribution in [-0.2, 0) is 14.8 Å². The van der Waals surface area contributed by atoms with Crippen molar-refractivity contribution in [1.29, 1.82) is 0 Å². The molecule has 1 atom stereocenters. The van der Waals surface area contributed by atoms with Crippen molar-refractivity contribution in [2.45, 2.75) is 38.1 Å². The van der Waals surface area contributed by atoms with E-state index in [4.69, 9.17) is 0 Å². The first-order chi connectivity index (χ1) is 14.8. The monoisotopic (exact) mass is 443 g/mol. The minimum atomic E-state index is -3.51. The molecule has 31 heavy (non-hydrogen) atoms. The fourth-order valence-electron chi connectivity index (χ4n) is 3.92. The topological polar surface area (TPSA) is 69.7 Å². The zero-order valence-electron chi connectivity index (χ0n) is 18.6. The van der Waals surface area contributed by atoms with Gasteiger partial charge in [-0.15, -0.1) is 0 Å². The second-order valence-corrected chi connectivity index (χ2v) is 10.5. The van der Waals surface area contributed by atoms with Crippen LogP contribution in [0, 0.1) is 12.8 Å². The smallest absolute Gasteiger partial charge is 0.243 e. The lowest BCUT2D eigenvalue weighted by Crippen LogP contribution is -2.42. The Hall–Kier alpha value is -2.22. The summed E-state index contributed by atoms with van der Waals surface area (Å²) in [5.74, 6) is 0.239. The van der Waals surface area contributed by atoms with Crippen molar-refractivity contribution < 1.29 is 13.2 Å². The molecule has 0 aromatic heterocycles. The number of nitrogens with one attached hydrogen (secondary N) is 1. The molecule has 3 rings (SSSR count). The predicted octanol–water partition coefficient (Wildman–Crippen LogP) is 3.20. The fourth-order valence-corrected chi connectivity index (χ4v) is 5.39. The minimum Gasteiger partial charge on any atom is -0.348 e. The largest absolute Gasteiger partial charge is 0.348 e. The van der Waals surface area contributed by atoms with E-state index >= 15 is 0 Å². The van der Waals surface area contributed by atoms with Crippen LogP contribution in [0.4, 0.5) is 0 Å². The first-order valence-corrected chi connectivity index (χ1v) is 12.3. The Morgan fingerprint density at radius 2 is 1.65 bits per heavy atom. The van der Waals surface area contributed by atoms with Gasteiger partial charge in [0, 0.05) is 19.6 Å². The average Bonchev–Trinajstić information content (AvgIpc) is 2.99. The van der Waals surface area contributed by atoms with Gasteiger partial charge in [-0.2, -0.15) is 4.31 Å². The molecule has 1 aliphatic rings. The highest BCUT2D eigenvalue weighted by atomic mass is 32.2. The Kier molecular flexibility index (Phi) is 7.86. The highest BCUT2D eigenvalue weighted by Gasteiger charge is 2.28. The van der Waals surface area contributed by atoms with Gasteiger partial charge >= 0.3 is 0 Å². The number of sulfonamides is 1. The predicted molar refractivity (Wildman–Crippen MR) is 123 cm³/mol. The Morgan fingerprint density at radius 3 is 2.29 bits per heavy atom. The molecule has 1 saturated heterocycles. The molecule has 0 radical (unpaired) electrons. The van der Waals surface area contributed by atoms with E-state index in [1.54, 1.807) is 12.1 Å². The number of amides is 1. The average molecular weight is 444 g/mol. The van der Waals surface area contributed by atoms with E-state index in [1.165, 1.54) is 4.31 Å². The number of benzene rings is 2. The van der Waals surface area contributed by atoms with E-state index in [0.29, 0.717) is 37.5 Å². The van der Waals surface area contributed by atoms with Crippen LogP contribution in [-0.4, -0.2) is 56.3 Å². The van der Waals surface area contributed by atoms with Crippen LogP contribution < -0.4 is 5.32 Å². The van der Waals surface area contributed by atoms with Crippen molar-refractivity contribution in [2.24, 2.45) is 5.92 Å². The molecule has 0 saturated carbocycles. The van der Waals surface area contributed by atoms with Crippen molar-refractivity contribution in [3.05, 3.63) is 65.7 Å². The molecule has 0 bridgehead atoms. The molecular weight excluding hydrogens is 410 g/mol. The van der Waals surface area contributed by atoms with E-state index in [-0.39, 0.29) is 24.4 Å². The summed E-state index contributed by atoms with van der Waals surface area (Å²) in [7, 11) is -3.51. The summed E-state index contributed by atoms with van der Waals surface area (Å²) in [6, 6.07) is 16.9. The van der Waals surface area contributed by atoms with Crippen LogP contribution in [0.15, 0.2) is 59.5 Å². The zero-order valence-corrected chi connectivity index (χ0v) is 19.4. The highest BCUT2D eigenvalue weighted by Crippen LogP contribution is 2.22. The molecule has 0 unspecified atom stereocenters. The van der Waals surface area contributed by atoms with Crippen molar-refractivity contribution in [2.75, 3.05) is 32.7 Å². The van der Waals surface area contributed by atoms with Crippen LogP contribution in [0.3, 0.4) is 0 Å². The van der Waals surface area contributed by atoms with Gasteiger partial charge in [0.15, 0.2) is 0 Å². The minimum absolute atomic E-state index is 0.0302. The number of rotatable bonds is 7. The third-order valence-corrected chi connectivity index (χ3v) is 7.63. The second kappa shape index (κ2) is 10.4. The molecule has 1 fully saturated rings. The van der Waals surface area contributed by atoms with E-state index in [0.717, 1.165) is 11.1 Å². The van der Waals surface area contributed by atoms with Crippen molar-refractivity contribution in [3.8, 4) is 0 Å². The maximum absolute atomic E-state index is 13.0. The number of hydrogen-bond acceptors (Lipinski definition) is 4. The SMILES string of the molecule is Cc1ccc(S(=O)(=O)N2CCCN(CC(=O)N[C@@H](c3ccccc3)C(C)C)CC2)cc1. The van der Waals surface area contributed by atoms with Gasteiger partial charge in [-0.3, -0.25) is 9.69 Å². The first-order valence-electron chi connectivity index (χ1n) is 10.9. The first kappa shape index (κ1) is 23.4. The third kappa shape index (κ3) is 6.15. The van der Waals surface area contributed by atoms with E-state index in [1.807, 2.05) is 54.3 Å². The lowest BCUT2D eigenvalue weighted by Gasteiger charge is -2.25. The molecule has 7 heteroatoms. The van der Waals surface area contributed by atoms with Crippen LogP contribution in [0.5, 0.6) is 0 Å². The maximum atomic E-state index is 13.0. The normalized spacial score (nSPS) is 17.3. The molecule has 1 aliphatic heterocycles. The summed E-state index contributed by atoms with van der Waals surface area (Å²) in [6.45, 7) is 8.49. The molecule has 1 heterocycles. The molecular formula is C24H33N3O3S. The highest BCUT2D eigenvalue weighted by molar-refractivity contribution is 7.89. The standard InChI is InChI=1S/C24H33N3O3S/c1-19(2)24(21-8-5-4-6-9-21)25-23(28)18-26-14-7-15-27(17-16-26)31(29,30)22-12-10-20(3)11-13-22/h4-6,8-13,19,24H,7,14-18H2,1-3H3,(H,25,28)/t24-/m1/s1. The molecule has 1 amide bonds. The molecule has 1 N–H and O–H groups in total. The molecule has 6 nitrogen and oxygen atoms in total. The molecule has 0 spiro atoms. The lowest BCUT2D eigenvalue weighted by molar-refractivity contribution is -0.123. The number of aryl methyl sites for hydroxylation is 1. The van der Waals surface area contributed by atoms with Crippen LogP contribution in [0.2, 0.25) is 0 Å². The number of hydrogen-bond donors (Lipinski definition) is 1. The summed E-state index contributed by atoms with van der Waals surface area (Å²) >= 11 is 0. The van der Waals surface area contributed by atoms with Crippen LogP contribution >= 0.6 is 0 Å². The fraction of sp³-hybridized carbons (Fsp3) is 0.458. The van der Waals surface area contributed by atoms with Crippen molar-refractivity contribution in [3.63, 3.8) is 0 Å². The number of carbonyl (C=O) groups excluding carboxylic acids is 1. The Labute approximate surface area is 186 Å². The van der Waals surface area contributed by atoms with Crippen molar-refractivity contribution >= 4 is 15.9 Å². The van der Waals surface area contributed by atoms with Gasteiger partial charge in [-0.1, -0.05) is 61.9 Å². The van der Waals surface area contributed by atoms with Gasteiger partial charge in [-0.05, 0) is 43.5 Å². The molecule has 2 aromatic carbocycles. The third-order valence-electron chi connectivity index (χ3n) is 5.72. The number of carbonyl (C=O) groups is 1. The van der Waals surface area contributed by atoms with Gasteiger partial charge in [-0.25, -0.2) is 8.42 Å². The molecule has 168 valence electrons. The molecule has 2 aromatic rings. The van der Waals surface area contributed by atoms with Crippen molar-refractivity contribution in [1.82, 2.24) is 14.5 Å². The maximum Gasteiger partial charge on any atom is 0.243 e. The van der Waals surface area contributed by atoms with Gasteiger partial charge in [0.25, 0.3) is 0 Å². The second-order valence-electron chi connectivity index (χ2n) is 8.55. The molecule has 0 aliphatic carbocycles. The summed E-state index contributed by atoms with van der Waals surface area (Å²) in [5, 5.41) is 3.16. The van der Waals surface area contributed by atoms with E-state index < -0.39 is 10.0 Å². The summed E-state index contributed by atoms with van der Waals surface area (Å²) < 4.78 is 27.5. The Morgan fingerprint density at radius 1 is 0.968 bits per heavy atom. The quantitative estimate of drug-likeness (QED) is 0.713. The van der Waals surface area contributed by atoms with E-state index in [9.17, 15) is 13.2 Å². The van der Waals surface area contributed by atoms with Crippen LogP contribution in [0.1, 0.15) is 37.4 Å². The van der Waals surface area contributed by atoms with Gasteiger partial charge in [0.1, 0.15) is 0 Å². The Bertz CT molecular complexity index is 959. The van der Waals surface area contributed by atoms with Gasteiger partial charge in [0.05, 0.1) is 17.5 Å². The number of nitrogens with zero attached hydrogens (tertiary/aromatic N) is 2. The Balaban J connectivity index is 1.59. The van der Waals surface area contributed by atoms with Gasteiger partial charge in [0.2, 0.25) is 15.9 Å². The summed E-state index contributed by atoms with van der Waals surface area (Å²) in [5.41, 5.74) is 2.12. The lowest BCUT2D eigenvalue weighted by atomic mass is 9.96. The van der Waals surface area contributed by atoms with Crippen LogP contribution in [0.25, 0.3) is 0 Å². The summed E-state index contributed by atoms with van der Waals surface area (Å²) in [4.78, 5) is 15.1.